The summed E-state index contributed by atoms with van der Waals surface area (Å²) in [6.45, 7) is 0. The summed E-state index contributed by atoms with van der Waals surface area (Å²) in [6.07, 6.45) is -1.26. The minimum atomic E-state index is -4.50. The first-order valence-electron chi connectivity index (χ1n) is 1.75. The third kappa shape index (κ3) is 5.29. The van der Waals surface area contributed by atoms with Crippen LogP contribution < -0.4 is 5.09 Å². The maximum Gasteiger partial charge on any atom is 0.432 e. The van der Waals surface area contributed by atoms with E-state index in [0.717, 1.165) is 0 Å². The number of carbonyl (C=O) groups excluding carboxylic acids is 1. The Bertz CT molecular complexity index is 149. The van der Waals surface area contributed by atoms with E-state index in [1.54, 1.807) is 0 Å². The molecule has 0 bridgehead atoms. The second kappa shape index (κ2) is 2.82. The van der Waals surface area contributed by atoms with Gasteiger partial charge in [0.2, 0.25) is 0 Å². The molecule has 6 nitrogen and oxygen atoms in total. The van der Waals surface area contributed by atoms with Crippen LogP contribution in [0.15, 0.2) is 0 Å². The molecule has 0 aliphatic heterocycles. The molecule has 0 saturated heterocycles. The quantitative estimate of drug-likeness (QED) is 0.446. The summed E-state index contributed by atoms with van der Waals surface area (Å²) in [4.78, 5) is 25.9. The average Bonchev–Trinajstić information content (AvgIpc) is 1.62. The van der Waals surface area contributed by atoms with Gasteiger partial charge in [-0.05, 0) is 0 Å². The van der Waals surface area contributed by atoms with Gasteiger partial charge in [-0.3, -0.25) is 0 Å². The van der Waals surface area contributed by atoms with Gasteiger partial charge in [-0.15, -0.1) is 0 Å². The second-order valence-electron chi connectivity index (χ2n) is 1.09. The molecule has 0 fully saturated rings. The van der Waals surface area contributed by atoms with Crippen molar-refractivity contribution < 1.29 is 23.9 Å². The number of amides is 1. The number of hydrogen-bond donors (Lipinski definition) is 3. The van der Waals surface area contributed by atoms with Crippen LogP contribution in [0.5, 0.6) is 0 Å². The highest BCUT2D eigenvalue weighted by atomic mass is 31.2. The number of carbonyl (C=O) groups is 1. The van der Waals surface area contributed by atoms with Gasteiger partial charge in [-0.25, -0.2) is 14.4 Å². The molecule has 0 rings (SSSR count). The van der Waals surface area contributed by atoms with Crippen molar-refractivity contribution in [1.29, 1.82) is 0 Å². The lowest BCUT2D eigenvalue weighted by molar-refractivity contribution is 0.186. The van der Waals surface area contributed by atoms with Crippen LogP contribution >= 0.6 is 7.75 Å². The predicted molar refractivity (Wildman–Crippen MR) is 27.0 cm³/mol. The molecule has 9 heavy (non-hydrogen) atoms. The fraction of sp³-hybridized carbons (Fsp3) is 0. The fourth-order valence-corrected chi connectivity index (χ4v) is 0.454. The predicted octanol–water partition coefficient (Wildman–Crippen LogP) is -0.403. The van der Waals surface area contributed by atoms with E-state index in [2.05, 4.69) is 11.8 Å². The zero-order valence-corrected chi connectivity index (χ0v) is 5.17. The lowest BCUT2D eigenvalue weighted by Crippen LogP contribution is -2.18. The normalized spacial score (nSPS) is 10.6. The fourth-order valence-electron chi connectivity index (χ4n) is 0.151. The minimum absolute atomic E-state index is 1.21. The van der Waals surface area contributed by atoms with Crippen LogP contribution in [-0.4, -0.2) is 15.9 Å². The maximum absolute atomic E-state index is 9.94. The van der Waals surface area contributed by atoms with Crippen molar-refractivity contribution >= 4 is 13.8 Å². The lowest BCUT2D eigenvalue weighted by atomic mass is 11.2. The zero-order chi connectivity index (χ0) is 7.49. The van der Waals surface area contributed by atoms with Crippen LogP contribution in [0.25, 0.3) is 0 Å². The highest BCUT2D eigenvalue weighted by Gasteiger charge is 2.16. The molecular formula is C2H5NO5P. The van der Waals surface area contributed by atoms with E-state index >= 15 is 0 Å². The number of rotatable bonds is 1. The van der Waals surface area contributed by atoms with Gasteiger partial charge in [0.1, 0.15) is 7.11 Å². The summed E-state index contributed by atoms with van der Waals surface area (Å²) >= 11 is 0. The van der Waals surface area contributed by atoms with Crippen LogP contribution in [0.3, 0.4) is 0 Å². The van der Waals surface area contributed by atoms with Crippen molar-refractivity contribution in [2.45, 2.75) is 0 Å². The van der Waals surface area contributed by atoms with Crippen molar-refractivity contribution in [3.8, 4) is 0 Å². The smallest absolute Gasteiger partial charge is 0.432 e. The van der Waals surface area contributed by atoms with E-state index in [-0.39, 0.29) is 0 Å². The summed E-state index contributed by atoms with van der Waals surface area (Å²) in [7, 11) is -1.89. The van der Waals surface area contributed by atoms with E-state index in [0.29, 0.717) is 0 Å². The SMILES string of the molecule is [CH2]OC(=O)NP(=O)(O)O. The molecule has 0 atom stereocenters. The van der Waals surface area contributed by atoms with Crippen LogP contribution in [0.4, 0.5) is 4.79 Å². The molecule has 0 aliphatic carbocycles. The maximum atomic E-state index is 9.94. The molecule has 1 amide bonds. The number of hydrogen-bond acceptors (Lipinski definition) is 3. The monoisotopic (exact) mass is 154 g/mol. The molecule has 0 heterocycles. The second-order valence-corrected chi connectivity index (χ2v) is 2.40. The molecule has 0 aliphatic rings. The van der Waals surface area contributed by atoms with E-state index < -0.39 is 13.8 Å². The van der Waals surface area contributed by atoms with Crippen LogP contribution in [-0.2, 0) is 9.30 Å². The molecule has 53 valence electrons. The van der Waals surface area contributed by atoms with E-state index in [4.69, 9.17) is 9.79 Å². The van der Waals surface area contributed by atoms with Crippen molar-refractivity contribution in [2.24, 2.45) is 0 Å². The van der Waals surface area contributed by atoms with Crippen LogP contribution in [0.2, 0.25) is 0 Å². The molecule has 7 heteroatoms. The third-order valence-corrected chi connectivity index (χ3v) is 0.842. The van der Waals surface area contributed by atoms with Crippen molar-refractivity contribution in [3.63, 3.8) is 0 Å². The van der Waals surface area contributed by atoms with Gasteiger partial charge in [0.05, 0.1) is 0 Å². The Hall–Kier alpha value is -0.580. The highest BCUT2D eigenvalue weighted by Crippen LogP contribution is 2.27. The third-order valence-electron chi connectivity index (χ3n) is 0.368. The summed E-state index contributed by atoms with van der Waals surface area (Å²) in [6, 6.07) is 0. The zero-order valence-electron chi connectivity index (χ0n) is 4.27. The highest BCUT2D eigenvalue weighted by molar-refractivity contribution is 7.50. The topological polar surface area (TPSA) is 95.9 Å². The number of nitrogens with one attached hydrogen (secondary N) is 1. The molecule has 0 aromatic heterocycles. The Morgan fingerprint density at radius 3 is 2.22 bits per heavy atom. The Labute approximate surface area is 51.0 Å². The molecular weight excluding hydrogens is 149 g/mol. The van der Waals surface area contributed by atoms with Gasteiger partial charge in [0.15, 0.2) is 0 Å². The molecule has 0 saturated carbocycles. The van der Waals surface area contributed by atoms with Gasteiger partial charge in [-0.2, -0.15) is 0 Å². The first-order chi connectivity index (χ1) is 3.95. The van der Waals surface area contributed by atoms with Crippen molar-refractivity contribution in [2.75, 3.05) is 0 Å². The molecule has 3 N–H and O–H groups in total. The first kappa shape index (κ1) is 8.42. The first-order valence-corrected chi connectivity index (χ1v) is 3.37. The largest absolute Gasteiger partial charge is 0.446 e. The van der Waals surface area contributed by atoms with Crippen LogP contribution in [0, 0.1) is 7.11 Å². The van der Waals surface area contributed by atoms with Gasteiger partial charge in [-0.1, -0.05) is 0 Å². The summed E-state index contributed by atoms with van der Waals surface area (Å²) in [5.41, 5.74) is 0. The van der Waals surface area contributed by atoms with Gasteiger partial charge in [0.25, 0.3) is 0 Å². The van der Waals surface area contributed by atoms with E-state index in [1.165, 1.54) is 5.09 Å². The molecule has 0 unspecified atom stereocenters. The van der Waals surface area contributed by atoms with Gasteiger partial charge in [0, 0.05) is 0 Å². The molecule has 0 aromatic carbocycles. The molecule has 0 aromatic rings. The van der Waals surface area contributed by atoms with Crippen molar-refractivity contribution in [3.05, 3.63) is 7.11 Å². The minimum Gasteiger partial charge on any atom is -0.446 e. The van der Waals surface area contributed by atoms with Crippen LogP contribution in [0.1, 0.15) is 0 Å². The summed E-state index contributed by atoms with van der Waals surface area (Å²) in [5, 5.41) is 1.21. The van der Waals surface area contributed by atoms with Gasteiger partial charge >= 0.3 is 13.8 Å². The molecule has 0 spiro atoms. The summed E-state index contributed by atoms with van der Waals surface area (Å²) in [5.74, 6) is 0. The number of ether oxygens (including phenoxy) is 1. The van der Waals surface area contributed by atoms with E-state index in [1.807, 2.05) is 0 Å². The Balaban J connectivity index is 3.75. The Morgan fingerprint density at radius 1 is 1.67 bits per heavy atom. The van der Waals surface area contributed by atoms with Gasteiger partial charge < -0.3 is 14.5 Å². The van der Waals surface area contributed by atoms with Crippen molar-refractivity contribution in [1.82, 2.24) is 5.09 Å². The Morgan fingerprint density at radius 2 is 2.11 bits per heavy atom. The Kier molecular flexibility index (Phi) is 2.64. The standard InChI is InChI=1S/C2H5NO5P/c1-8-2(4)3-9(5,6)7/h1H2,(H3,3,4,5,6,7). The van der Waals surface area contributed by atoms with E-state index in [9.17, 15) is 9.36 Å². The lowest BCUT2D eigenvalue weighted by Gasteiger charge is -2.02. The summed E-state index contributed by atoms with van der Waals surface area (Å²) < 4.78 is 13.5. The molecule has 1 radical (unpaired) electrons. The average molecular weight is 154 g/mol.